The van der Waals surface area contributed by atoms with Gasteiger partial charge in [0, 0.05) is 10.0 Å². The molecule has 18 heavy (non-hydrogen) atoms. The second kappa shape index (κ2) is 5.97. The Morgan fingerprint density at radius 1 is 0.889 bits per heavy atom. The van der Waals surface area contributed by atoms with Gasteiger partial charge in [0.25, 0.3) is 0 Å². The summed E-state index contributed by atoms with van der Waals surface area (Å²) >= 11 is 18.4. The summed E-state index contributed by atoms with van der Waals surface area (Å²) in [5.74, 6) is 0. The van der Waals surface area contributed by atoms with Crippen LogP contribution in [-0.4, -0.2) is 0 Å². The van der Waals surface area contributed by atoms with Gasteiger partial charge in [0.1, 0.15) is 0 Å². The molecule has 0 heterocycles. The Labute approximate surface area is 122 Å². The molecule has 0 saturated heterocycles. The van der Waals surface area contributed by atoms with E-state index in [2.05, 4.69) is 19.1 Å². The molecule has 0 amide bonds. The molecule has 0 saturated carbocycles. The van der Waals surface area contributed by atoms with Crippen LogP contribution in [0.3, 0.4) is 0 Å². The SMILES string of the molecule is CCc1ccc(C(Cl)c2cc(Cl)cc(Cl)c2)cc1. The van der Waals surface area contributed by atoms with Crippen molar-refractivity contribution in [3.8, 4) is 0 Å². The summed E-state index contributed by atoms with van der Waals surface area (Å²) in [5, 5.41) is 0.980. The molecular formula is C15H13Cl3. The fourth-order valence-electron chi connectivity index (χ4n) is 1.84. The molecule has 2 aromatic rings. The average molecular weight is 300 g/mol. The highest BCUT2D eigenvalue weighted by Crippen LogP contribution is 2.32. The van der Waals surface area contributed by atoms with Gasteiger partial charge in [-0.25, -0.2) is 0 Å². The lowest BCUT2D eigenvalue weighted by molar-refractivity contribution is 1.10. The van der Waals surface area contributed by atoms with E-state index in [-0.39, 0.29) is 5.38 Å². The van der Waals surface area contributed by atoms with Gasteiger partial charge in [-0.15, -0.1) is 11.6 Å². The standard InChI is InChI=1S/C15H13Cl3/c1-2-10-3-5-11(6-4-10)15(18)12-7-13(16)9-14(17)8-12/h3-9,15H,2H2,1H3. The van der Waals surface area contributed by atoms with E-state index in [1.807, 2.05) is 24.3 Å². The summed E-state index contributed by atoms with van der Waals surface area (Å²) in [4.78, 5) is 0. The molecule has 0 aromatic heterocycles. The Hall–Kier alpha value is -0.690. The van der Waals surface area contributed by atoms with Crippen molar-refractivity contribution in [2.75, 3.05) is 0 Å². The molecule has 3 heteroatoms. The minimum absolute atomic E-state index is 0.230. The molecule has 0 aliphatic heterocycles. The minimum atomic E-state index is -0.230. The molecule has 0 fully saturated rings. The molecule has 1 atom stereocenters. The Morgan fingerprint density at radius 3 is 1.94 bits per heavy atom. The summed E-state index contributed by atoms with van der Waals surface area (Å²) in [6, 6.07) is 13.7. The first-order chi connectivity index (χ1) is 8.60. The van der Waals surface area contributed by atoms with Crippen molar-refractivity contribution in [1.29, 1.82) is 0 Å². The Kier molecular flexibility index (Phi) is 4.55. The van der Waals surface area contributed by atoms with Gasteiger partial charge in [-0.05, 0) is 41.3 Å². The molecule has 0 N–H and O–H groups in total. The zero-order chi connectivity index (χ0) is 13.1. The highest BCUT2D eigenvalue weighted by atomic mass is 35.5. The van der Waals surface area contributed by atoms with Crippen molar-refractivity contribution < 1.29 is 0 Å². The number of aryl methyl sites for hydroxylation is 1. The maximum Gasteiger partial charge on any atom is 0.0836 e. The molecular weight excluding hydrogens is 287 g/mol. The fraction of sp³-hybridized carbons (Fsp3) is 0.200. The third-order valence-corrected chi connectivity index (χ3v) is 3.80. The van der Waals surface area contributed by atoms with Gasteiger partial charge in [-0.3, -0.25) is 0 Å². The molecule has 0 aliphatic rings. The minimum Gasteiger partial charge on any atom is -0.113 e. The lowest BCUT2D eigenvalue weighted by Crippen LogP contribution is -1.94. The molecule has 1 unspecified atom stereocenters. The van der Waals surface area contributed by atoms with Gasteiger partial charge < -0.3 is 0 Å². The molecule has 0 radical (unpaired) electrons. The van der Waals surface area contributed by atoms with Crippen LogP contribution in [0, 0.1) is 0 Å². The van der Waals surface area contributed by atoms with E-state index in [1.165, 1.54) is 5.56 Å². The van der Waals surface area contributed by atoms with Crippen LogP contribution in [0.5, 0.6) is 0 Å². The van der Waals surface area contributed by atoms with E-state index in [0.29, 0.717) is 10.0 Å². The highest BCUT2D eigenvalue weighted by Gasteiger charge is 2.12. The lowest BCUT2D eigenvalue weighted by atomic mass is 10.0. The first-order valence-electron chi connectivity index (χ1n) is 5.79. The van der Waals surface area contributed by atoms with Gasteiger partial charge in [0.15, 0.2) is 0 Å². The fourth-order valence-corrected chi connectivity index (χ4v) is 2.65. The van der Waals surface area contributed by atoms with Gasteiger partial charge >= 0.3 is 0 Å². The molecule has 2 rings (SSSR count). The highest BCUT2D eigenvalue weighted by molar-refractivity contribution is 6.35. The smallest absolute Gasteiger partial charge is 0.0836 e. The van der Waals surface area contributed by atoms with Gasteiger partial charge in [-0.1, -0.05) is 54.4 Å². The van der Waals surface area contributed by atoms with E-state index in [9.17, 15) is 0 Å². The Balaban J connectivity index is 2.31. The normalized spacial score (nSPS) is 12.4. The van der Waals surface area contributed by atoms with Crippen molar-refractivity contribution in [3.05, 3.63) is 69.2 Å². The number of halogens is 3. The maximum absolute atomic E-state index is 6.45. The lowest BCUT2D eigenvalue weighted by Gasteiger charge is -2.12. The van der Waals surface area contributed by atoms with Gasteiger partial charge in [0.2, 0.25) is 0 Å². The predicted octanol–water partition coefficient (Wildman–Crippen LogP) is 5.88. The quantitative estimate of drug-likeness (QED) is 0.620. The molecule has 0 spiro atoms. The largest absolute Gasteiger partial charge is 0.113 e. The first kappa shape index (κ1) is 13.7. The van der Waals surface area contributed by atoms with Crippen LogP contribution in [0.4, 0.5) is 0 Å². The van der Waals surface area contributed by atoms with Crippen LogP contribution in [0.2, 0.25) is 10.0 Å². The van der Waals surface area contributed by atoms with E-state index in [4.69, 9.17) is 34.8 Å². The predicted molar refractivity (Wildman–Crippen MR) is 80.0 cm³/mol. The molecule has 0 nitrogen and oxygen atoms in total. The zero-order valence-corrected chi connectivity index (χ0v) is 12.2. The van der Waals surface area contributed by atoms with E-state index in [0.717, 1.165) is 17.5 Å². The molecule has 0 aliphatic carbocycles. The van der Waals surface area contributed by atoms with Crippen LogP contribution >= 0.6 is 34.8 Å². The monoisotopic (exact) mass is 298 g/mol. The van der Waals surface area contributed by atoms with Gasteiger partial charge in [-0.2, -0.15) is 0 Å². The summed E-state index contributed by atoms with van der Waals surface area (Å²) in [5.41, 5.74) is 3.26. The van der Waals surface area contributed by atoms with E-state index in [1.54, 1.807) is 6.07 Å². The Bertz CT molecular complexity index is 512. The van der Waals surface area contributed by atoms with Crippen molar-refractivity contribution in [2.24, 2.45) is 0 Å². The molecule has 2 aromatic carbocycles. The van der Waals surface area contributed by atoms with Crippen molar-refractivity contribution in [3.63, 3.8) is 0 Å². The maximum atomic E-state index is 6.45. The van der Waals surface area contributed by atoms with Crippen LogP contribution in [0.15, 0.2) is 42.5 Å². The van der Waals surface area contributed by atoms with Crippen molar-refractivity contribution >= 4 is 34.8 Å². The summed E-state index contributed by atoms with van der Waals surface area (Å²) in [7, 11) is 0. The molecule has 0 bridgehead atoms. The Morgan fingerprint density at radius 2 is 1.44 bits per heavy atom. The number of rotatable bonds is 3. The summed E-state index contributed by atoms with van der Waals surface area (Å²) < 4.78 is 0. The van der Waals surface area contributed by atoms with Gasteiger partial charge in [0.05, 0.1) is 5.38 Å². The van der Waals surface area contributed by atoms with Crippen molar-refractivity contribution in [2.45, 2.75) is 18.7 Å². The molecule has 94 valence electrons. The number of hydrogen-bond donors (Lipinski definition) is 0. The number of alkyl halides is 1. The average Bonchev–Trinajstić information content (AvgIpc) is 2.37. The van der Waals surface area contributed by atoms with E-state index >= 15 is 0 Å². The number of benzene rings is 2. The second-order valence-corrected chi connectivity index (χ2v) is 5.47. The third-order valence-electron chi connectivity index (χ3n) is 2.86. The van der Waals surface area contributed by atoms with Crippen molar-refractivity contribution in [1.82, 2.24) is 0 Å². The van der Waals surface area contributed by atoms with E-state index < -0.39 is 0 Å². The van der Waals surface area contributed by atoms with Crippen LogP contribution in [0.25, 0.3) is 0 Å². The second-order valence-electron chi connectivity index (χ2n) is 4.16. The topological polar surface area (TPSA) is 0 Å². The zero-order valence-electron chi connectivity index (χ0n) is 9.96. The number of hydrogen-bond acceptors (Lipinski definition) is 0. The van der Waals surface area contributed by atoms with Crippen LogP contribution < -0.4 is 0 Å². The first-order valence-corrected chi connectivity index (χ1v) is 6.98. The van der Waals surface area contributed by atoms with Crippen LogP contribution in [0.1, 0.15) is 29.0 Å². The van der Waals surface area contributed by atoms with Crippen LogP contribution in [-0.2, 0) is 6.42 Å². The summed E-state index contributed by atoms with van der Waals surface area (Å²) in [6.07, 6.45) is 1.02. The third kappa shape index (κ3) is 3.20. The summed E-state index contributed by atoms with van der Waals surface area (Å²) in [6.45, 7) is 2.13.